The molecule has 1 aromatic carbocycles. The van der Waals surface area contributed by atoms with Crippen molar-refractivity contribution in [2.24, 2.45) is 0 Å². The highest BCUT2D eigenvalue weighted by atomic mass is 35.5. The second-order valence-electron chi connectivity index (χ2n) is 7.05. The highest BCUT2D eigenvalue weighted by Crippen LogP contribution is 2.38. The Bertz CT molecular complexity index is 707. The molecule has 0 aliphatic carbocycles. The first-order chi connectivity index (χ1) is 11.4. The average Bonchev–Trinajstić information content (AvgIpc) is 3.00. The summed E-state index contributed by atoms with van der Waals surface area (Å²) in [5.41, 5.74) is 3.59. The molecule has 130 valence electrons. The number of hydrogen-bond acceptors (Lipinski definition) is 4. The van der Waals surface area contributed by atoms with Crippen LogP contribution in [0.25, 0.3) is 0 Å². The van der Waals surface area contributed by atoms with Gasteiger partial charge >= 0.3 is 0 Å². The number of nitrogens with one attached hydrogen (secondary N) is 2. The molecule has 1 aromatic heterocycles. The van der Waals surface area contributed by atoms with Crippen LogP contribution in [0.2, 0.25) is 5.02 Å². The summed E-state index contributed by atoms with van der Waals surface area (Å²) in [6.45, 7) is 9.31. The Labute approximate surface area is 147 Å². The van der Waals surface area contributed by atoms with Crippen molar-refractivity contribution in [2.75, 3.05) is 19.8 Å². The van der Waals surface area contributed by atoms with E-state index in [-0.39, 0.29) is 5.41 Å². The second-order valence-corrected chi connectivity index (χ2v) is 7.46. The average molecular weight is 350 g/mol. The van der Waals surface area contributed by atoms with Crippen LogP contribution < -0.4 is 14.8 Å². The largest absolute Gasteiger partial charge is 0.486 e. The van der Waals surface area contributed by atoms with E-state index in [1.54, 1.807) is 0 Å². The van der Waals surface area contributed by atoms with E-state index in [1.807, 2.05) is 18.3 Å². The number of halogens is 1. The number of aromatic amines is 1. The highest BCUT2D eigenvalue weighted by molar-refractivity contribution is 6.32. The number of hydrogen-bond donors (Lipinski definition) is 2. The van der Waals surface area contributed by atoms with Crippen LogP contribution in [-0.2, 0) is 18.4 Å². The molecule has 1 aliphatic heterocycles. The lowest BCUT2D eigenvalue weighted by molar-refractivity contribution is 0.171. The van der Waals surface area contributed by atoms with Gasteiger partial charge in [-0.15, -0.1) is 0 Å². The van der Waals surface area contributed by atoms with Crippen molar-refractivity contribution in [3.8, 4) is 11.5 Å². The summed E-state index contributed by atoms with van der Waals surface area (Å²) in [7, 11) is 0. The predicted octanol–water partition coefficient (Wildman–Crippen LogP) is 3.46. The van der Waals surface area contributed by atoms with E-state index >= 15 is 0 Å². The van der Waals surface area contributed by atoms with Crippen molar-refractivity contribution in [3.63, 3.8) is 0 Å². The quantitative estimate of drug-likeness (QED) is 0.811. The van der Waals surface area contributed by atoms with Crippen LogP contribution in [-0.4, -0.2) is 30.0 Å². The summed E-state index contributed by atoms with van der Waals surface area (Å²) in [6, 6.07) is 3.97. The number of ether oxygens (including phenoxy) is 2. The summed E-state index contributed by atoms with van der Waals surface area (Å²) in [5, 5.41) is 11.4. The molecule has 5 nitrogen and oxygen atoms in total. The first kappa shape index (κ1) is 17.1. The van der Waals surface area contributed by atoms with Gasteiger partial charge in [0.25, 0.3) is 0 Å². The summed E-state index contributed by atoms with van der Waals surface area (Å²) >= 11 is 6.27. The van der Waals surface area contributed by atoms with Crippen molar-refractivity contribution < 1.29 is 9.47 Å². The van der Waals surface area contributed by atoms with Crippen molar-refractivity contribution in [3.05, 3.63) is 40.2 Å². The van der Waals surface area contributed by atoms with Gasteiger partial charge in [-0.1, -0.05) is 32.4 Å². The van der Waals surface area contributed by atoms with Crippen LogP contribution in [0.5, 0.6) is 11.5 Å². The number of nitrogens with zero attached hydrogens (tertiary/aromatic N) is 1. The third-order valence-corrected chi connectivity index (χ3v) is 4.31. The lowest BCUT2D eigenvalue weighted by Crippen LogP contribution is -2.21. The monoisotopic (exact) mass is 349 g/mol. The number of rotatable bonds is 5. The molecule has 2 N–H and O–H groups in total. The Morgan fingerprint density at radius 2 is 2.04 bits per heavy atom. The molecule has 1 aliphatic rings. The molecule has 0 bridgehead atoms. The molecule has 0 fully saturated rings. The molecule has 0 atom stereocenters. The molecule has 2 heterocycles. The van der Waals surface area contributed by atoms with E-state index in [9.17, 15) is 0 Å². The topological polar surface area (TPSA) is 59.2 Å². The van der Waals surface area contributed by atoms with Crippen molar-refractivity contribution in [1.82, 2.24) is 15.5 Å². The van der Waals surface area contributed by atoms with Gasteiger partial charge in [0.05, 0.1) is 11.2 Å². The molecule has 0 unspecified atom stereocenters. The van der Waals surface area contributed by atoms with Gasteiger partial charge in [-0.05, 0) is 30.7 Å². The first-order valence-electron chi connectivity index (χ1n) is 8.26. The molecule has 24 heavy (non-hydrogen) atoms. The SMILES string of the molecule is CC(C)(C)c1[nH]ncc1CNCCc1cc(Cl)c2c(c1)OCCO2. The zero-order chi connectivity index (χ0) is 17.2. The maximum atomic E-state index is 6.27. The molecule has 6 heteroatoms. The summed E-state index contributed by atoms with van der Waals surface area (Å²) in [4.78, 5) is 0. The molecule has 0 radical (unpaired) electrons. The third-order valence-electron chi connectivity index (χ3n) is 4.03. The van der Waals surface area contributed by atoms with Gasteiger partial charge in [0.1, 0.15) is 13.2 Å². The zero-order valence-corrected chi connectivity index (χ0v) is 15.2. The van der Waals surface area contributed by atoms with E-state index < -0.39 is 0 Å². The predicted molar refractivity (Wildman–Crippen MR) is 95.1 cm³/mol. The Morgan fingerprint density at radius 3 is 2.83 bits per heavy atom. The van der Waals surface area contributed by atoms with Crippen LogP contribution in [0, 0.1) is 0 Å². The fraction of sp³-hybridized carbons (Fsp3) is 0.500. The van der Waals surface area contributed by atoms with Gasteiger partial charge in [-0.2, -0.15) is 5.10 Å². The van der Waals surface area contributed by atoms with Crippen LogP contribution >= 0.6 is 11.6 Å². The number of aromatic nitrogens is 2. The summed E-state index contributed by atoms with van der Waals surface area (Å²) < 4.78 is 11.2. The van der Waals surface area contributed by atoms with Gasteiger partial charge in [0.2, 0.25) is 0 Å². The van der Waals surface area contributed by atoms with Gasteiger partial charge in [-0.3, -0.25) is 5.10 Å². The van der Waals surface area contributed by atoms with Gasteiger partial charge < -0.3 is 14.8 Å². The van der Waals surface area contributed by atoms with E-state index in [0.717, 1.165) is 30.8 Å². The van der Waals surface area contributed by atoms with Crippen molar-refractivity contribution >= 4 is 11.6 Å². The van der Waals surface area contributed by atoms with Crippen LogP contribution in [0.4, 0.5) is 0 Å². The van der Waals surface area contributed by atoms with Crippen LogP contribution in [0.3, 0.4) is 0 Å². The molecule has 0 spiro atoms. The van der Waals surface area contributed by atoms with Crippen molar-refractivity contribution in [2.45, 2.75) is 39.2 Å². The van der Waals surface area contributed by atoms with E-state index in [2.05, 4.69) is 36.3 Å². The molecule has 2 aromatic rings. The Morgan fingerprint density at radius 1 is 1.25 bits per heavy atom. The third kappa shape index (κ3) is 3.84. The Balaban J connectivity index is 1.56. The summed E-state index contributed by atoms with van der Waals surface area (Å²) in [6.07, 6.45) is 2.77. The fourth-order valence-corrected chi connectivity index (χ4v) is 3.15. The number of H-pyrrole nitrogens is 1. The van der Waals surface area contributed by atoms with E-state index in [1.165, 1.54) is 11.3 Å². The maximum Gasteiger partial charge on any atom is 0.179 e. The Hall–Kier alpha value is -1.72. The Kier molecular flexibility index (Phi) is 5.01. The van der Waals surface area contributed by atoms with Gasteiger partial charge in [0, 0.05) is 23.2 Å². The lowest BCUT2D eigenvalue weighted by Gasteiger charge is -2.20. The molecule has 0 saturated carbocycles. The summed E-state index contributed by atoms with van der Waals surface area (Å²) in [5.74, 6) is 1.40. The minimum Gasteiger partial charge on any atom is -0.486 e. The minimum absolute atomic E-state index is 0.0663. The van der Waals surface area contributed by atoms with Crippen molar-refractivity contribution in [1.29, 1.82) is 0 Å². The normalized spacial score (nSPS) is 14.0. The van der Waals surface area contributed by atoms with Crippen LogP contribution in [0.1, 0.15) is 37.6 Å². The number of fused-ring (bicyclic) bond motifs is 1. The minimum atomic E-state index is 0.0663. The molecule has 3 rings (SSSR count). The standard InChI is InChI=1S/C18H24ClN3O2/c1-18(2,3)17-13(11-21-22-17)10-20-5-4-12-8-14(19)16-15(9-12)23-6-7-24-16/h8-9,11,20H,4-7,10H2,1-3H3,(H,21,22). The number of benzene rings is 1. The smallest absolute Gasteiger partial charge is 0.179 e. The fourth-order valence-electron chi connectivity index (χ4n) is 2.86. The van der Waals surface area contributed by atoms with E-state index in [4.69, 9.17) is 21.1 Å². The molecule has 0 amide bonds. The zero-order valence-electron chi connectivity index (χ0n) is 14.4. The molecular formula is C18H24ClN3O2. The van der Waals surface area contributed by atoms with Gasteiger partial charge in [-0.25, -0.2) is 0 Å². The van der Waals surface area contributed by atoms with Crippen LogP contribution in [0.15, 0.2) is 18.3 Å². The maximum absolute atomic E-state index is 6.27. The highest BCUT2D eigenvalue weighted by Gasteiger charge is 2.20. The lowest BCUT2D eigenvalue weighted by atomic mass is 9.89. The van der Waals surface area contributed by atoms with E-state index in [0.29, 0.717) is 24.0 Å². The van der Waals surface area contributed by atoms with Gasteiger partial charge in [0.15, 0.2) is 11.5 Å². The second kappa shape index (κ2) is 7.03. The first-order valence-corrected chi connectivity index (χ1v) is 8.64. The molecular weight excluding hydrogens is 326 g/mol. The molecule has 0 saturated heterocycles.